The van der Waals surface area contributed by atoms with E-state index < -0.39 is 0 Å². The van der Waals surface area contributed by atoms with E-state index in [-0.39, 0.29) is 23.1 Å². The lowest BCUT2D eigenvalue weighted by Crippen LogP contribution is -2.33. The SMILES string of the molecule is CC[C@@H](NC(=O)c1c(C)cc(C)[nH]c1=O)c1nc(C)c(C)s1. The Hall–Kier alpha value is -1.95. The third kappa shape index (κ3) is 3.27. The summed E-state index contributed by atoms with van der Waals surface area (Å²) in [5, 5.41) is 3.81. The van der Waals surface area contributed by atoms with Crippen molar-refractivity contribution in [2.75, 3.05) is 0 Å². The standard InChI is InChI=1S/C16H21N3O2S/c1-6-12(16-18-10(4)11(5)22-16)19-15(21)13-8(2)7-9(3)17-14(13)20/h7,12H,6H2,1-5H3,(H,17,20)(H,19,21)/t12-/m1/s1. The van der Waals surface area contributed by atoms with Crippen molar-refractivity contribution < 1.29 is 4.79 Å². The van der Waals surface area contributed by atoms with Crippen LogP contribution in [-0.2, 0) is 0 Å². The molecule has 2 N–H and O–H groups in total. The minimum atomic E-state index is -0.351. The minimum Gasteiger partial charge on any atom is -0.343 e. The average molecular weight is 319 g/mol. The molecule has 0 aliphatic carbocycles. The molecule has 6 heteroatoms. The van der Waals surface area contributed by atoms with Gasteiger partial charge in [0.15, 0.2) is 0 Å². The van der Waals surface area contributed by atoms with Crippen molar-refractivity contribution in [1.29, 1.82) is 0 Å². The number of carbonyl (C=O) groups is 1. The molecule has 2 heterocycles. The lowest BCUT2D eigenvalue weighted by Gasteiger charge is -2.15. The van der Waals surface area contributed by atoms with Crippen LogP contribution in [-0.4, -0.2) is 15.9 Å². The Bertz CT molecular complexity index is 742. The quantitative estimate of drug-likeness (QED) is 0.910. The fourth-order valence-electron chi connectivity index (χ4n) is 2.35. The number of nitrogens with zero attached hydrogens (tertiary/aromatic N) is 1. The molecule has 1 atom stereocenters. The molecule has 0 saturated heterocycles. The van der Waals surface area contributed by atoms with E-state index in [1.165, 1.54) is 0 Å². The molecule has 0 spiro atoms. The number of amides is 1. The van der Waals surface area contributed by atoms with E-state index >= 15 is 0 Å². The van der Waals surface area contributed by atoms with E-state index in [9.17, 15) is 9.59 Å². The first kappa shape index (κ1) is 16.4. The second kappa shape index (κ2) is 6.44. The van der Waals surface area contributed by atoms with Crippen LogP contribution in [0.4, 0.5) is 0 Å². The van der Waals surface area contributed by atoms with Gasteiger partial charge in [0.25, 0.3) is 11.5 Å². The number of aromatic amines is 1. The number of thiazole rings is 1. The summed E-state index contributed by atoms with van der Waals surface area (Å²) in [5.41, 5.74) is 2.24. The van der Waals surface area contributed by atoms with Gasteiger partial charge in [0.05, 0.1) is 11.7 Å². The van der Waals surface area contributed by atoms with Crippen molar-refractivity contribution >= 4 is 17.2 Å². The highest BCUT2D eigenvalue weighted by atomic mass is 32.1. The molecular weight excluding hydrogens is 298 g/mol. The van der Waals surface area contributed by atoms with Crippen LogP contribution in [0.5, 0.6) is 0 Å². The molecule has 118 valence electrons. The number of nitrogens with one attached hydrogen (secondary N) is 2. The normalized spacial score (nSPS) is 12.2. The highest BCUT2D eigenvalue weighted by Crippen LogP contribution is 2.25. The number of pyridine rings is 1. The summed E-state index contributed by atoms with van der Waals surface area (Å²) in [6.45, 7) is 9.53. The Morgan fingerprint density at radius 1 is 1.36 bits per heavy atom. The molecule has 0 aliphatic rings. The summed E-state index contributed by atoms with van der Waals surface area (Å²) in [6.07, 6.45) is 0.723. The summed E-state index contributed by atoms with van der Waals surface area (Å²) >= 11 is 1.58. The Kier molecular flexibility index (Phi) is 4.81. The number of carbonyl (C=O) groups excluding carboxylic acids is 1. The Morgan fingerprint density at radius 2 is 2.05 bits per heavy atom. The number of H-pyrrole nitrogens is 1. The molecule has 0 aliphatic heterocycles. The van der Waals surface area contributed by atoms with E-state index in [2.05, 4.69) is 15.3 Å². The van der Waals surface area contributed by atoms with Gasteiger partial charge in [0.2, 0.25) is 0 Å². The second-order valence-corrected chi connectivity index (χ2v) is 6.70. The van der Waals surface area contributed by atoms with Gasteiger partial charge in [-0.1, -0.05) is 6.92 Å². The number of hydrogen-bond acceptors (Lipinski definition) is 4. The highest BCUT2D eigenvalue weighted by molar-refractivity contribution is 7.11. The van der Waals surface area contributed by atoms with Gasteiger partial charge in [-0.2, -0.15) is 0 Å². The van der Waals surface area contributed by atoms with Crippen LogP contribution in [0.25, 0.3) is 0 Å². The van der Waals surface area contributed by atoms with Gasteiger partial charge >= 0.3 is 0 Å². The molecular formula is C16H21N3O2S. The van der Waals surface area contributed by atoms with Crippen LogP contribution in [0.1, 0.15) is 56.6 Å². The van der Waals surface area contributed by atoms with Crippen molar-refractivity contribution in [3.63, 3.8) is 0 Å². The van der Waals surface area contributed by atoms with Crippen LogP contribution in [0.15, 0.2) is 10.9 Å². The highest BCUT2D eigenvalue weighted by Gasteiger charge is 2.21. The van der Waals surface area contributed by atoms with Crippen molar-refractivity contribution in [2.24, 2.45) is 0 Å². The summed E-state index contributed by atoms with van der Waals surface area (Å²) in [5.74, 6) is -0.351. The summed E-state index contributed by atoms with van der Waals surface area (Å²) in [6, 6.07) is 1.62. The number of aryl methyl sites for hydroxylation is 4. The molecule has 2 aromatic rings. The Morgan fingerprint density at radius 3 is 2.55 bits per heavy atom. The van der Waals surface area contributed by atoms with Crippen LogP contribution in [0.2, 0.25) is 0 Å². The number of hydrogen-bond donors (Lipinski definition) is 2. The van der Waals surface area contributed by atoms with E-state index in [1.54, 1.807) is 31.3 Å². The van der Waals surface area contributed by atoms with E-state index in [0.717, 1.165) is 27.7 Å². The zero-order valence-corrected chi connectivity index (χ0v) is 14.4. The smallest absolute Gasteiger partial charge is 0.261 e. The topological polar surface area (TPSA) is 74.8 Å². The summed E-state index contributed by atoms with van der Waals surface area (Å²) in [7, 11) is 0. The van der Waals surface area contributed by atoms with Crippen molar-refractivity contribution in [1.82, 2.24) is 15.3 Å². The molecule has 0 saturated carbocycles. The maximum Gasteiger partial charge on any atom is 0.261 e. The lowest BCUT2D eigenvalue weighted by molar-refractivity contribution is 0.0933. The molecule has 1 amide bonds. The van der Waals surface area contributed by atoms with Gasteiger partial charge in [-0.3, -0.25) is 9.59 Å². The minimum absolute atomic E-state index is 0.175. The maximum absolute atomic E-state index is 12.5. The number of rotatable bonds is 4. The Labute approximate surface area is 133 Å². The monoisotopic (exact) mass is 319 g/mol. The lowest BCUT2D eigenvalue weighted by atomic mass is 10.1. The van der Waals surface area contributed by atoms with E-state index in [4.69, 9.17) is 0 Å². The van der Waals surface area contributed by atoms with Gasteiger partial charge in [0.1, 0.15) is 10.6 Å². The first-order valence-corrected chi connectivity index (χ1v) is 8.10. The predicted molar refractivity (Wildman–Crippen MR) is 88.6 cm³/mol. The van der Waals surface area contributed by atoms with Crippen molar-refractivity contribution in [2.45, 2.75) is 47.1 Å². The maximum atomic E-state index is 12.5. The molecule has 2 rings (SSSR count). The summed E-state index contributed by atoms with van der Waals surface area (Å²) < 4.78 is 0. The number of aromatic nitrogens is 2. The van der Waals surface area contributed by atoms with Gasteiger partial charge in [-0.05, 0) is 45.7 Å². The fraction of sp³-hybridized carbons (Fsp3) is 0.438. The molecule has 22 heavy (non-hydrogen) atoms. The van der Waals surface area contributed by atoms with Crippen molar-refractivity contribution in [3.8, 4) is 0 Å². The van der Waals surface area contributed by atoms with Crippen LogP contribution < -0.4 is 10.9 Å². The zero-order valence-electron chi connectivity index (χ0n) is 13.5. The van der Waals surface area contributed by atoms with Gasteiger partial charge in [-0.15, -0.1) is 11.3 Å². The molecule has 0 aromatic carbocycles. The Balaban J connectivity index is 2.29. The van der Waals surface area contributed by atoms with E-state index in [0.29, 0.717) is 5.56 Å². The van der Waals surface area contributed by atoms with Crippen molar-refractivity contribution in [3.05, 3.63) is 48.8 Å². The second-order valence-electron chi connectivity index (χ2n) is 5.47. The van der Waals surface area contributed by atoms with Gasteiger partial charge < -0.3 is 10.3 Å². The van der Waals surface area contributed by atoms with Crippen LogP contribution in [0, 0.1) is 27.7 Å². The first-order chi connectivity index (χ1) is 10.3. The first-order valence-electron chi connectivity index (χ1n) is 7.28. The van der Waals surface area contributed by atoms with Gasteiger partial charge in [-0.25, -0.2) is 4.98 Å². The predicted octanol–water partition coefficient (Wildman–Crippen LogP) is 2.95. The average Bonchev–Trinajstić information content (AvgIpc) is 2.74. The fourth-order valence-corrected chi connectivity index (χ4v) is 3.41. The zero-order chi connectivity index (χ0) is 16.4. The molecule has 0 fully saturated rings. The van der Waals surface area contributed by atoms with Crippen LogP contribution >= 0.6 is 11.3 Å². The molecule has 2 aromatic heterocycles. The molecule has 0 unspecified atom stereocenters. The molecule has 0 bridgehead atoms. The third-order valence-corrected chi connectivity index (χ3v) is 4.84. The molecule has 0 radical (unpaired) electrons. The third-order valence-electron chi connectivity index (χ3n) is 3.65. The van der Waals surface area contributed by atoms with Crippen LogP contribution in [0.3, 0.4) is 0 Å². The van der Waals surface area contributed by atoms with E-state index in [1.807, 2.05) is 20.8 Å². The van der Waals surface area contributed by atoms with Gasteiger partial charge in [0, 0.05) is 10.6 Å². The molecule has 5 nitrogen and oxygen atoms in total. The largest absolute Gasteiger partial charge is 0.343 e. The summed E-state index contributed by atoms with van der Waals surface area (Å²) in [4.78, 5) is 32.8.